The number of nitrogens with one attached hydrogen (secondary N) is 1. The van der Waals surface area contributed by atoms with E-state index >= 15 is 0 Å². The normalized spacial score (nSPS) is 17.8. The van der Waals surface area contributed by atoms with E-state index in [0.29, 0.717) is 12.3 Å². The largest absolute Gasteiger partial charge is 0.490 e. The molecule has 0 radical (unpaired) electrons. The molecule has 2 aromatic carbocycles. The van der Waals surface area contributed by atoms with Crippen molar-refractivity contribution in [2.45, 2.75) is 58.6 Å². The van der Waals surface area contributed by atoms with Crippen LogP contribution in [-0.2, 0) is 17.6 Å². The van der Waals surface area contributed by atoms with Crippen molar-refractivity contribution in [3.05, 3.63) is 52.6 Å². The molecule has 164 valence electrons. The van der Waals surface area contributed by atoms with Crippen molar-refractivity contribution >= 4 is 28.9 Å². The Kier molecular flexibility index (Phi) is 5.50. The van der Waals surface area contributed by atoms with E-state index in [1.165, 1.54) is 5.56 Å². The van der Waals surface area contributed by atoms with Crippen LogP contribution in [0.4, 0.5) is 5.69 Å². The second-order valence-electron chi connectivity index (χ2n) is 9.40. The van der Waals surface area contributed by atoms with Gasteiger partial charge in [-0.2, -0.15) is 0 Å². The fourth-order valence-corrected chi connectivity index (χ4v) is 4.55. The zero-order chi connectivity index (χ0) is 22.4. The fourth-order valence-electron chi connectivity index (χ4n) is 4.48. The Balaban J connectivity index is 1.89. The summed E-state index contributed by atoms with van der Waals surface area (Å²) in [5.74, 6) is 1.32. The van der Waals surface area contributed by atoms with Crippen molar-refractivity contribution in [3.8, 4) is 11.5 Å². The summed E-state index contributed by atoms with van der Waals surface area (Å²) in [6, 6.07) is 9.90. The summed E-state index contributed by atoms with van der Waals surface area (Å²) in [5.41, 5.74) is 5.51. The smallest absolute Gasteiger partial charge is 0.239 e. The lowest BCUT2D eigenvalue weighted by molar-refractivity contribution is -0.113. The number of ether oxygens (including phenoxy) is 2. The molecule has 1 amide bonds. The van der Waals surface area contributed by atoms with Crippen molar-refractivity contribution in [2.24, 2.45) is 4.99 Å². The molecule has 2 heterocycles. The summed E-state index contributed by atoms with van der Waals surface area (Å²) in [4.78, 5) is 16.9. The number of carbonyl (C=O) groups is 1. The van der Waals surface area contributed by atoms with Gasteiger partial charge < -0.3 is 14.8 Å². The lowest BCUT2D eigenvalue weighted by Crippen LogP contribution is -2.30. The zero-order valence-electron chi connectivity index (χ0n) is 18.8. The molecule has 0 bridgehead atoms. The van der Waals surface area contributed by atoms with Gasteiger partial charge in [-0.1, -0.05) is 12.1 Å². The first kappa shape index (κ1) is 21.7. The number of halogens is 1. The van der Waals surface area contributed by atoms with Gasteiger partial charge >= 0.3 is 0 Å². The van der Waals surface area contributed by atoms with E-state index in [1.54, 1.807) is 0 Å². The Morgan fingerprint density at radius 2 is 2.00 bits per heavy atom. The Hall–Kier alpha value is -2.53. The summed E-state index contributed by atoms with van der Waals surface area (Å²) < 4.78 is 12.3. The highest BCUT2D eigenvalue weighted by atomic mass is 35.5. The first-order valence-corrected chi connectivity index (χ1v) is 11.2. The van der Waals surface area contributed by atoms with Gasteiger partial charge in [0, 0.05) is 28.8 Å². The van der Waals surface area contributed by atoms with Crippen LogP contribution >= 0.6 is 11.6 Å². The predicted molar refractivity (Wildman–Crippen MR) is 125 cm³/mol. The zero-order valence-corrected chi connectivity index (χ0v) is 19.5. The standard InChI is InChI=1S/C25H29ClN2O3/c1-6-30-19-11-16-12-24(2,3)28-22(21(16)18-13-25(4,5)31-23(18)19)15-8-7-9-17(10-15)27-20(29)14-26/h7-11H,6,12-14H2,1-5H3,(H,27,29). The van der Waals surface area contributed by atoms with E-state index in [4.69, 9.17) is 26.1 Å². The van der Waals surface area contributed by atoms with Crippen LogP contribution in [0.5, 0.6) is 11.5 Å². The van der Waals surface area contributed by atoms with Crippen molar-refractivity contribution < 1.29 is 14.3 Å². The van der Waals surface area contributed by atoms with Crippen LogP contribution in [0.25, 0.3) is 0 Å². The molecule has 5 nitrogen and oxygen atoms in total. The third-order valence-corrected chi connectivity index (χ3v) is 5.76. The maximum atomic E-state index is 11.8. The number of alkyl halides is 1. The number of hydrogen-bond donors (Lipinski definition) is 1. The van der Waals surface area contributed by atoms with E-state index in [0.717, 1.165) is 46.7 Å². The average Bonchev–Trinajstić information content (AvgIpc) is 3.02. The van der Waals surface area contributed by atoms with E-state index < -0.39 is 0 Å². The van der Waals surface area contributed by atoms with Crippen molar-refractivity contribution in [1.29, 1.82) is 0 Å². The molecule has 31 heavy (non-hydrogen) atoms. The van der Waals surface area contributed by atoms with Gasteiger partial charge in [0.05, 0.1) is 17.9 Å². The molecule has 0 aromatic heterocycles. The number of benzene rings is 2. The molecule has 0 atom stereocenters. The van der Waals surface area contributed by atoms with Gasteiger partial charge in [-0.15, -0.1) is 11.6 Å². The Morgan fingerprint density at radius 3 is 2.71 bits per heavy atom. The van der Waals surface area contributed by atoms with Gasteiger partial charge in [-0.05, 0) is 64.8 Å². The quantitative estimate of drug-likeness (QED) is 0.654. The lowest BCUT2D eigenvalue weighted by atomic mass is 9.81. The summed E-state index contributed by atoms with van der Waals surface area (Å²) >= 11 is 5.66. The minimum Gasteiger partial charge on any atom is -0.490 e. The number of rotatable bonds is 5. The predicted octanol–water partition coefficient (Wildman–Crippen LogP) is 5.15. The third-order valence-electron chi connectivity index (χ3n) is 5.52. The molecule has 0 saturated carbocycles. The molecule has 0 spiro atoms. The highest BCUT2D eigenvalue weighted by Gasteiger charge is 2.39. The number of fused-ring (bicyclic) bond motifs is 3. The van der Waals surface area contributed by atoms with Crippen molar-refractivity contribution in [3.63, 3.8) is 0 Å². The molecule has 0 fully saturated rings. The Bertz CT molecular complexity index is 1070. The first-order valence-electron chi connectivity index (χ1n) is 10.7. The SMILES string of the molecule is CCOc1cc2c(c3c1OC(C)(C)C3)C(c1cccc(NC(=O)CCl)c1)=NC(C)(C)C2. The molecule has 2 aromatic rings. The van der Waals surface area contributed by atoms with E-state index in [-0.39, 0.29) is 22.9 Å². The van der Waals surface area contributed by atoms with Crippen LogP contribution in [0.1, 0.15) is 56.9 Å². The average molecular weight is 441 g/mol. The van der Waals surface area contributed by atoms with Gasteiger partial charge in [-0.3, -0.25) is 9.79 Å². The Morgan fingerprint density at radius 1 is 1.23 bits per heavy atom. The van der Waals surface area contributed by atoms with Crippen LogP contribution in [0, 0.1) is 0 Å². The second kappa shape index (κ2) is 7.86. The summed E-state index contributed by atoms with van der Waals surface area (Å²) in [6.45, 7) is 11.1. The maximum absolute atomic E-state index is 11.8. The van der Waals surface area contributed by atoms with Crippen molar-refractivity contribution in [2.75, 3.05) is 17.8 Å². The molecule has 6 heteroatoms. The van der Waals surface area contributed by atoms with E-state index in [9.17, 15) is 4.79 Å². The number of anilines is 1. The molecular formula is C25H29ClN2O3. The second-order valence-corrected chi connectivity index (χ2v) is 9.67. The number of hydrogen-bond acceptors (Lipinski definition) is 4. The number of carbonyl (C=O) groups excluding carboxylic acids is 1. The topological polar surface area (TPSA) is 59.9 Å². The number of aliphatic imine (C=N–C) groups is 1. The van der Waals surface area contributed by atoms with Crippen LogP contribution < -0.4 is 14.8 Å². The molecule has 2 aliphatic heterocycles. The maximum Gasteiger partial charge on any atom is 0.239 e. The molecule has 4 rings (SSSR count). The van der Waals surface area contributed by atoms with Gasteiger partial charge in [0.15, 0.2) is 11.5 Å². The van der Waals surface area contributed by atoms with Crippen molar-refractivity contribution in [1.82, 2.24) is 0 Å². The number of nitrogens with zero attached hydrogens (tertiary/aromatic N) is 1. The molecule has 1 N–H and O–H groups in total. The Labute approximate surface area is 188 Å². The fraction of sp³-hybridized carbons (Fsp3) is 0.440. The van der Waals surface area contributed by atoms with Crippen LogP contribution in [0.3, 0.4) is 0 Å². The van der Waals surface area contributed by atoms with Gasteiger partial charge in [0.2, 0.25) is 5.91 Å². The first-order chi connectivity index (χ1) is 14.6. The van der Waals surface area contributed by atoms with Gasteiger partial charge in [0.1, 0.15) is 11.5 Å². The molecule has 0 aliphatic carbocycles. The minimum absolute atomic E-state index is 0.0822. The summed E-state index contributed by atoms with van der Waals surface area (Å²) in [7, 11) is 0. The third kappa shape index (κ3) is 4.29. The molecule has 2 aliphatic rings. The highest BCUT2D eigenvalue weighted by Crippen LogP contribution is 2.48. The van der Waals surface area contributed by atoms with Gasteiger partial charge in [0.25, 0.3) is 0 Å². The lowest BCUT2D eigenvalue weighted by Gasteiger charge is -2.31. The summed E-state index contributed by atoms with van der Waals surface area (Å²) in [5, 5.41) is 2.84. The van der Waals surface area contributed by atoms with Gasteiger partial charge in [-0.25, -0.2) is 0 Å². The summed E-state index contributed by atoms with van der Waals surface area (Å²) in [6.07, 6.45) is 1.61. The number of amides is 1. The van der Waals surface area contributed by atoms with Crippen LogP contribution in [-0.4, -0.2) is 35.2 Å². The van der Waals surface area contributed by atoms with E-state index in [2.05, 4.69) is 39.1 Å². The highest BCUT2D eigenvalue weighted by molar-refractivity contribution is 6.29. The van der Waals surface area contributed by atoms with Crippen LogP contribution in [0.15, 0.2) is 35.3 Å². The van der Waals surface area contributed by atoms with E-state index in [1.807, 2.05) is 31.2 Å². The molecule has 0 saturated heterocycles. The van der Waals surface area contributed by atoms with Crippen LogP contribution in [0.2, 0.25) is 0 Å². The minimum atomic E-state index is -0.308. The molecule has 0 unspecified atom stereocenters. The molecular weight excluding hydrogens is 412 g/mol. The monoisotopic (exact) mass is 440 g/mol.